The first-order valence-corrected chi connectivity index (χ1v) is 11.8. The zero-order valence-corrected chi connectivity index (χ0v) is 19.4. The Morgan fingerprint density at radius 1 is 1.18 bits per heavy atom. The number of hydrogen-bond donors (Lipinski definition) is 1. The number of alkyl halides is 3. The van der Waals surface area contributed by atoms with Crippen molar-refractivity contribution in [3.05, 3.63) is 69.5 Å². The molecule has 0 amide bonds. The first kappa shape index (κ1) is 23.3. The van der Waals surface area contributed by atoms with E-state index < -0.39 is 17.7 Å². The third-order valence-electron chi connectivity index (χ3n) is 5.23. The Hall–Kier alpha value is -2.91. The number of thiophene rings is 1. The van der Waals surface area contributed by atoms with E-state index >= 15 is 0 Å². The van der Waals surface area contributed by atoms with Crippen LogP contribution in [0.3, 0.4) is 0 Å². The lowest BCUT2D eigenvalue weighted by molar-refractivity contribution is -0.138. The van der Waals surface area contributed by atoms with Gasteiger partial charge in [-0.25, -0.2) is 4.98 Å². The summed E-state index contributed by atoms with van der Waals surface area (Å²) in [6.45, 7) is 4.32. The molecule has 1 N–H and O–H groups in total. The highest BCUT2D eigenvalue weighted by Crippen LogP contribution is 2.35. The number of thiazole rings is 1. The minimum absolute atomic E-state index is 0.0123. The molecule has 0 saturated carbocycles. The number of carbonyl (C=O) groups is 1. The number of fused-ring (bicyclic) bond motifs is 1. The minimum Gasteiger partial charge on any atom is -0.493 e. The molecule has 0 aliphatic rings. The highest BCUT2D eigenvalue weighted by molar-refractivity contribution is 7.17. The predicted octanol–water partition coefficient (Wildman–Crippen LogP) is 7.16. The summed E-state index contributed by atoms with van der Waals surface area (Å²) >= 11 is 2.93. The lowest BCUT2D eigenvalue weighted by Crippen LogP contribution is -2.08. The van der Waals surface area contributed by atoms with Gasteiger partial charge in [0.1, 0.15) is 10.8 Å². The number of carboxylic acids is 1. The van der Waals surface area contributed by atoms with Gasteiger partial charge in [-0.15, -0.1) is 22.7 Å². The normalized spacial score (nSPS) is 12.8. The van der Waals surface area contributed by atoms with Crippen LogP contribution in [-0.4, -0.2) is 22.7 Å². The molecule has 2 aromatic heterocycles. The smallest absolute Gasteiger partial charge is 0.416 e. The number of ether oxygens (including phenoxy) is 1. The number of hydrogen-bond acceptors (Lipinski definition) is 5. The fourth-order valence-corrected chi connectivity index (χ4v) is 5.57. The van der Waals surface area contributed by atoms with E-state index in [0.29, 0.717) is 22.9 Å². The van der Waals surface area contributed by atoms with E-state index in [1.807, 2.05) is 37.4 Å². The Kier molecular flexibility index (Phi) is 6.45. The van der Waals surface area contributed by atoms with E-state index in [-0.39, 0.29) is 12.3 Å². The summed E-state index contributed by atoms with van der Waals surface area (Å²) in [6.07, 6.45) is -4.38. The van der Waals surface area contributed by atoms with Crippen LogP contribution in [0.1, 0.15) is 34.5 Å². The summed E-state index contributed by atoms with van der Waals surface area (Å²) in [5.41, 5.74) is 1.61. The first-order chi connectivity index (χ1) is 15.6. The maximum atomic E-state index is 12.8. The minimum atomic E-state index is -4.36. The predicted molar refractivity (Wildman–Crippen MR) is 124 cm³/mol. The van der Waals surface area contributed by atoms with Crippen molar-refractivity contribution in [1.29, 1.82) is 0 Å². The molecule has 2 heterocycles. The van der Waals surface area contributed by atoms with Crippen molar-refractivity contribution in [3.8, 4) is 16.3 Å². The van der Waals surface area contributed by atoms with Crippen molar-refractivity contribution in [3.63, 3.8) is 0 Å². The van der Waals surface area contributed by atoms with Crippen LogP contribution in [0, 0.1) is 6.92 Å². The van der Waals surface area contributed by atoms with Gasteiger partial charge in [0.15, 0.2) is 0 Å². The monoisotopic (exact) mass is 491 g/mol. The fourth-order valence-electron chi connectivity index (χ4n) is 3.54. The van der Waals surface area contributed by atoms with Gasteiger partial charge in [-0.3, -0.25) is 4.79 Å². The maximum Gasteiger partial charge on any atom is 0.416 e. The van der Waals surface area contributed by atoms with Crippen LogP contribution in [0.5, 0.6) is 5.75 Å². The van der Waals surface area contributed by atoms with Gasteiger partial charge in [-0.05, 0) is 53.6 Å². The van der Waals surface area contributed by atoms with Crippen molar-refractivity contribution in [2.24, 2.45) is 0 Å². The summed E-state index contributed by atoms with van der Waals surface area (Å²) in [5.74, 6) is -0.196. The van der Waals surface area contributed by atoms with Gasteiger partial charge in [0, 0.05) is 21.1 Å². The number of benzene rings is 2. The SMILES string of the molecule is Cc1sc(-c2ccc(C(F)(F)F)cc2)nc1C(C)COc1ccc2c(CC(=O)O)csc2c1. The van der Waals surface area contributed by atoms with Crippen LogP contribution >= 0.6 is 22.7 Å². The Labute approximate surface area is 196 Å². The van der Waals surface area contributed by atoms with E-state index in [1.165, 1.54) is 34.8 Å². The van der Waals surface area contributed by atoms with Crippen LogP contribution in [-0.2, 0) is 17.4 Å². The quantitative estimate of drug-likeness (QED) is 0.298. The molecule has 33 heavy (non-hydrogen) atoms. The molecule has 4 aromatic rings. The average molecular weight is 492 g/mol. The number of aromatic nitrogens is 1. The van der Waals surface area contributed by atoms with Crippen LogP contribution in [0.15, 0.2) is 47.8 Å². The van der Waals surface area contributed by atoms with Gasteiger partial charge >= 0.3 is 12.1 Å². The topological polar surface area (TPSA) is 59.4 Å². The molecule has 0 saturated heterocycles. The fraction of sp³-hybridized carbons (Fsp3) is 0.250. The largest absolute Gasteiger partial charge is 0.493 e. The molecule has 172 valence electrons. The highest BCUT2D eigenvalue weighted by atomic mass is 32.1. The van der Waals surface area contributed by atoms with Crippen LogP contribution in [0.25, 0.3) is 20.7 Å². The Morgan fingerprint density at radius 3 is 2.58 bits per heavy atom. The van der Waals surface area contributed by atoms with Crippen molar-refractivity contribution in [1.82, 2.24) is 4.98 Å². The summed E-state index contributed by atoms with van der Waals surface area (Å²) in [7, 11) is 0. The molecular formula is C24H20F3NO3S2. The molecule has 1 atom stereocenters. The van der Waals surface area contributed by atoms with Crippen molar-refractivity contribution in [2.75, 3.05) is 6.61 Å². The molecule has 4 rings (SSSR count). The standard InChI is InChI=1S/C24H20F3NO3S2/c1-13(11-31-18-7-8-19-16(9-21(29)30)12-32-20(19)10-18)22-14(2)33-23(28-22)15-3-5-17(6-4-15)24(25,26)27/h3-8,10,12-13H,9,11H2,1-2H3,(H,29,30). The van der Waals surface area contributed by atoms with E-state index in [4.69, 9.17) is 9.84 Å². The first-order valence-electron chi connectivity index (χ1n) is 10.1. The molecule has 2 aromatic carbocycles. The molecule has 0 radical (unpaired) electrons. The number of aryl methyl sites for hydroxylation is 1. The van der Waals surface area contributed by atoms with E-state index in [9.17, 15) is 18.0 Å². The van der Waals surface area contributed by atoms with Gasteiger partial charge in [-0.2, -0.15) is 13.2 Å². The van der Waals surface area contributed by atoms with Crippen LogP contribution in [0.4, 0.5) is 13.2 Å². The van der Waals surface area contributed by atoms with Crippen LogP contribution in [0.2, 0.25) is 0 Å². The lowest BCUT2D eigenvalue weighted by Gasteiger charge is -2.12. The molecular weight excluding hydrogens is 471 g/mol. The summed E-state index contributed by atoms with van der Waals surface area (Å²) < 4.78 is 45.4. The Balaban J connectivity index is 1.45. The van der Waals surface area contributed by atoms with Gasteiger partial charge in [-0.1, -0.05) is 19.1 Å². The molecule has 1 unspecified atom stereocenters. The molecule has 0 fully saturated rings. The molecule has 4 nitrogen and oxygen atoms in total. The third kappa shape index (κ3) is 5.20. The van der Waals surface area contributed by atoms with Gasteiger partial charge in [0.05, 0.1) is 24.3 Å². The van der Waals surface area contributed by atoms with Crippen molar-refractivity contribution >= 4 is 38.7 Å². The number of carboxylic acid groups (broad SMARTS) is 1. The van der Waals surface area contributed by atoms with E-state index in [0.717, 1.165) is 38.4 Å². The third-order valence-corrected chi connectivity index (χ3v) is 7.26. The average Bonchev–Trinajstić information content (AvgIpc) is 3.34. The van der Waals surface area contributed by atoms with Gasteiger partial charge in [0.25, 0.3) is 0 Å². The molecule has 0 spiro atoms. The second-order valence-corrected chi connectivity index (χ2v) is 9.85. The number of aliphatic carboxylic acids is 1. The van der Waals surface area contributed by atoms with Crippen molar-refractivity contribution < 1.29 is 27.8 Å². The summed E-state index contributed by atoms with van der Waals surface area (Å²) in [6, 6.07) is 10.6. The highest BCUT2D eigenvalue weighted by Gasteiger charge is 2.30. The zero-order valence-electron chi connectivity index (χ0n) is 17.8. The molecule has 0 aliphatic carbocycles. The lowest BCUT2D eigenvalue weighted by atomic mass is 10.1. The number of nitrogens with zero attached hydrogens (tertiary/aromatic N) is 1. The Morgan fingerprint density at radius 2 is 1.91 bits per heavy atom. The van der Waals surface area contributed by atoms with Gasteiger partial charge < -0.3 is 9.84 Å². The summed E-state index contributed by atoms with van der Waals surface area (Å²) in [5, 5.41) is 12.5. The second-order valence-electron chi connectivity index (χ2n) is 7.74. The van der Waals surface area contributed by atoms with Gasteiger partial charge in [0.2, 0.25) is 0 Å². The molecule has 9 heteroatoms. The zero-order chi connectivity index (χ0) is 23.8. The van der Waals surface area contributed by atoms with E-state index in [1.54, 1.807) is 0 Å². The Bertz CT molecular complexity index is 1290. The van der Waals surface area contributed by atoms with Crippen LogP contribution < -0.4 is 4.74 Å². The molecule has 0 bridgehead atoms. The molecule has 0 aliphatic heterocycles. The number of rotatable bonds is 7. The van der Waals surface area contributed by atoms with Crippen molar-refractivity contribution in [2.45, 2.75) is 32.4 Å². The summed E-state index contributed by atoms with van der Waals surface area (Å²) in [4.78, 5) is 16.7. The number of halogens is 3. The van der Waals surface area contributed by atoms with E-state index in [2.05, 4.69) is 4.98 Å². The maximum absolute atomic E-state index is 12.8. The second kappa shape index (κ2) is 9.15.